The smallest absolute Gasteiger partial charge is 0.227 e. The third kappa shape index (κ3) is 3.37. The summed E-state index contributed by atoms with van der Waals surface area (Å²) in [4.78, 5) is 19.6. The van der Waals surface area contributed by atoms with Crippen molar-refractivity contribution in [3.63, 3.8) is 0 Å². The Bertz CT molecular complexity index is 825. The fourth-order valence-corrected chi connectivity index (χ4v) is 4.74. The van der Waals surface area contributed by atoms with Crippen molar-refractivity contribution in [3.05, 3.63) is 47.3 Å². The van der Waals surface area contributed by atoms with Crippen LogP contribution < -0.4 is 0 Å². The fourth-order valence-electron chi connectivity index (χ4n) is 4.74. The van der Waals surface area contributed by atoms with E-state index in [4.69, 9.17) is 4.98 Å². The molecule has 0 bridgehead atoms. The van der Waals surface area contributed by atoms with Crippen molar-refractivity contribution in [2.24, 2.45) is 5.41 Å². The van der Waals surface area contributed by atoms with Gasteiger partial charge in [0.15, 0.2) is 5.82 Å². The molecule has 2 heterocycles. The van der Waals surface area contributed by atoms with E-state index in [0.29, 0.717) is 12.1 Å². The molecule has 1 saturated carbocycles. The van der Waals surface area contributed by atoms with Gasteiger partial charge in [-0.3, -0.25) is 9.89 Å². The van der Waals surface area contributed by atoms with Gasteiger partial charge in [0.05, 0.1) is 6.42 Å². The first kappa shape index (κ1) is 18.1. The number of nitrogens with one attached hydrogen (secondary N) is 1. The second-order valence-corrected chi connectivity index (χ2v) is 8.40. The van der Waals surface area contributed by atoms with Crippen molar-refractivity contribution in [2.75, 3.05) is 13.1 Å². The van der Waals surface area contributed by atoms with Crippen molar-refractivity contribution < 1.29 is 9.18 Å². The third-order valence-electron chi connectivity index (χ3n) is 6.27. The maximum Gasteiger partial charge on any atom is 0.227 e. The summed E-state index contributed by atoms with van der Waals surface area (Å²) in [5.41, 5.74) is 0.548. The summed E-state index contributed by atoms with van der Waals surface area (Å²) in [5, 5.41) is 7.51. The van der Waals surface area contributed by atoms with E-state index in [1.165, 1.54) is 18.9 Å². The van der Waals surface area contributed by atoms with Gasteiger partial charge in [-0.25, -0.2) is 9.37 Å². The highest BCUT2D eigenvalue weighted by Gasteiger charge is 2.51. The number of hydrogen-bond acceptors (Lipinski definition) is 3. The Morgan fingerprint density at radius 3 is 2.74 bits per heavy atom. The number of benzene rings is 1. The molecular formula is C21H27FN4O. The van der Waals surface area contributed by atoms with Gasteiger partial charge in [-0.15, -0.1) is 0 Å². The van der Waals surface area contributed by atoms with Crippen molar-refractivity contribution in [1.29, 1.82) is 0 Å². The molecule has 27 heavy (non-hydrogen) atoms. The van der Waals surface area contributed by atoms with Gasteiger partial charge in [0.2, 0.25) is 5.91 Å². The number of amides is 1. The van der Waals surface area contributed by atoms with Crippen LogP contribution in [0, 0.1) is 11.2 Å². The lowest BCUT2D eigenvalue weighted by atomic mass is 9.76. The zero-order valence-corrected chi connectivity index (χ0v) is 16.0. The number of rotatable bonds is 4. The number of halogens is 1. The SMILES string of the molecule is CC(C)c1n[nH]c(C2CN(C(=O)Cc3ccccc3F)CC23CCCC3)n1. The molecule has 6 heteroatoms. The van der Waals surface area contributed by atoms with E-state index >= 15 is 0 Å². The number of aromatic amines is 1. The van der Waals surface area contributed by atoms with Crippen LogP contribution in [0.5, 0.6) is 0 Å². The number of carbonyl (C=O) groups is 1. The average molecular weight is 370 g/mol. The highest BCUT2D eigenvalue weighted by molar-refractivity contribution is 5.79. The maximum atomic E-state index is 14.0. The van der Waals surface area contributed by atoms with Crippen LogP contribution in [0.3, 0.4) is 0 Å². The quantitative estimate of drug-likeness (QED) is 0.890. The van der Waals surface area contributed by atoms with Gasteiger partial charge in [-0.05, 0) is 29.9 Å². The van der Waals surface area contributed by atoms with Crippen molar-refractivity contribution >= 4 is 5.91 Å². The van der Waals surface area contributed by atoms with Crippen LogP contribution in [0.25, 0.3) is 0 Å². The molecular weight excluding hydrogens is 343 g/mol. The molecule has 1 atom stereocenters. The second kappa shape index (κ2) is 7.06. The molecule has 1 amide bonds. The van der Waals surface area contributed by atoms with E-state index in [1.54, 1.807) is 18.2 Å². The number of carbonyl (C=O) groups excluding carboxylic acids is 1. The average Bonchev–Trinajstić information content (AvgIpc) is 3.38. The Kier molecular flexibility index (Phi) is 4.74. The Morgan fingerprint density at radius 2 is 2.07 bits per heavy atom. The predicted octanol–water partition coefficient (Wildman–Crippen LogP) is 3.80. The molecule has 1 aromatic carbocycles. The van der Waals surface area contributed by atoms with Gasteiger partial charge in [0.1, 0.15) is 11.6 Å². The first-order chi connectivity index (χ1) is 13.0. The Labute approximate surface area is 159 Å². The van der Waals surface area contributed by atoms with Gasteiger partial charge >= 0.3 is 0 Å². The van der Waals surface area contributed by atoms with E-state index in [2.05, 4.69) is 24.0 Å². The van der Waals surface area contributed by atoms with Gasteiger partial charge in [-0.2, -0.15) is 5.10 Å². The minimum absolute atomic E-state index is 0.00234. The second-order valence-electron chi connectivity index (χ2n) is 8.40. The summed E-state index contributed by atoms with van der Waals surface area (Å²) in [6.45, 7) is 5.54. The van der Waals surface area contributed by atoms with E-state index in [-0.39, 0.29) is 35.4 Å². The topological polar surface area (TPSA) is 61.9 Å². The lowest BCUT2D eigenvalue weighted by molar-refractivity contribution is -0.129. The highest BCUT2D eigenvalue weighted by atomic mass is 19.1. The predicted molar refractivity (Wildman–Crippen MR) is 101 cm³/mol. The van der Waals surface area contributed by atoms with Crippen molar-refractivity contribution in [1.82, 2.24) is 20.1 Å². The molecule has 1 N–H and O–H groups in total. The summed E-state index contributed by atoms with van der Waals surface area (Å²) < 4.78 is 14.0. The van der Waals surface area contributed by atoms with E-state index in [9.17, 15) is 9.18 Å². The minimum atomic E-state index is -0.311. The molecule has 1 unspecified atom stereocenters. The monoisotopic (exact) mass is 370 g/mol. The molecule has 5 nitrogen and oxygen atoms in total. The Balaban J connectivity index is 1.56. The fraction of sp³-hybridized carbons (Fsp3) is 0.571. The number of nitrogens with zero attached hydrogens (tertiary/aromatic N) is 3. The van der Waals surface area contributed by atoms with Crippen LogP contribution in [0.1, 0.15) is 68.6 Å². The number of H-pyrrole nitrogens is 1. The molecule has 144 valence electrons. The first-order valence-electron chi connectivity index (χ1n) is 9.92. The van der Waals surface area contributed by atoms with Crippen LogP contribution in [-0.4, -0.2) is 39.1 Å². The summed E-state index contributed by atoms with van der Waals surface area (Å²) in [5.74, 6) is 1.88. The molecule has 4 rings (SSSR count). The molecule has 2 aliphatic rings. The van der Waals surface area contributed by atoms with E-state index < -0.39 is 0 Å². The maximum absolute atomic E-state index is 14.0. The summed E-state index contributed by atoms with van der Waals surface area (Å²) in [6, 6.07) is 6.53. The van der Waals surface area contributed by atoms with Crippen LogP contribution in [0.2, 0.25) is 0 Å². The summed E-state index contributed by atoms with van der Waals surface area (Å²) in [6.07, 6.45) is 4.72. The Morgan fingerprint density at radius 1 is 1.33 bits per heavy atom. The first-order valence-corrected chi connectivity index (χ1v) is 9.92. The number of likely N-dealkylation sites (tertiary alicyclic amines) is 1. The molecule has 2 aromatic rings. The molecule has 1 saturated heterocycles. The minimum Gasteiger partial charge on any atom is -0.341 e. The zero-order chi connectivity index (χ0) is 19.0. The normalized spacial score (nSPS) is 21.5. The molecule has 0 radical (unpaired) electrons. The van der Waals surface area contributed by atoms with Crippen molar-refractivity contribution in [3.8, 4) is 0 Å². The van der Waals surface area contributed by atoms with Crippen LogP contribution in [0.4, 0.5) is 4.39 Å². The Hall–Kier alpha value is -2.24. The van der Waals surface area contributed by atoms with Gasteiger partial charge in [0, 0.05) is 24.9 Å². The van der Waals surface area contributed by atoms with Crippen LogP contribution in [0.15, 0.2) is 24.3 Å². The standard InChI is InChI=1S/C21H27FN4O/c1-14(2)19-23-20(25-24-19)16-12-26(13-21(16)9-5-6-10-21)18(27)11-15-7-3-4-8-17(15)22/h3-4,7-8,14,16H,5-6,9-13H2,1-2H3,(H,23,24,25). The summed E-state index contributed by atoms with van der Waals surface area (Å²) in [7, 11) is 0. The van der Waals surface area contributed by atoms with Gasteiger partial charge < -0.3 is 4.90 Å². The molecule has 1 spiro atoms. The lowest BCUT2D eigenvalue weighted by Crippen LogP contribution is -2.32. The van der Waals surface area contributed by atoms with E-state index in [1.807, 2.05) is 4.90 Å². The number of hydrogen-bond donors (Lipinski definition) is 1. The van der Waals surface area contributed by atoms with Crippen LogP contribution >= 0.6 is 0 Å². The largest absolute Gasteiger partial charge is 0.341 e. The number of aromatic nitrogens is 3. The molecule has 2 fully saturated rings. The van der Waals surface area contributed by atoms with Crippen molar-refractivity contribution in [2.45, 2.75) is 57.8 Å². The third-order valence-corrected chi connectivity index (χ3v) is 6.27. The lowest BCUT2D eigenvalue weighted by Gasteiger charge is -2.28. The molecule has 1 aliphatic carbocycles. The van der Waals surface area contributed by atoms with Gasteiger partial charge in [0.25, 0.3) is 0 Å². The highest BCUT2D eigenvalue weighted by Crippen LogP contribution is 2.52. The van der Waals surface area contributed by atoms with Gasteiger partial charge in [-0.1, -0.05) is 44.9 Å². The van der Waals surface area contributed by atoms with Crippen LogP contribution in [-0.2, 0) is 11.2 Å². The van der Waals surface area contributed by atoms with E-state index in [0.717, 1.165) is 31.0 Å². The molecule has 1 aliphatic heterocycles. The molecule has 1 aromatic heterocycles. The zero-order valence-electron chi connectivity index (χ0n) is 16.0. The summed E-state index contributed by atoms with van der Waals surface area (Å²) >= 11 is 0.